The van der Waals surface area contributed by atoms with Gasteiger partial charge in [-0.25, -0.2) is 0 Å². The van der Waals surface area contributed by atoms with Gasteiger partial charge in [0.2, 0.25) is 0 Å². The summed E-state index contributed by atoms with van der Waals surface area (Å²) in [4.78, 5) is 2.08. The average molecular weight is 156 g/mol. The van der Waals surface area contributed by atoms with E-state index in [1.165, 1.54) is 0 Å². The van der Waals surface area contributed by atoms with Crippen molar-refractivity contribution >= 4 is 0 Å². The summed E-state index contributed by atoms with van der Waals surface area (Å²) in [6.45, 7) is 9.44. The second-order valence-corrected chi connectivity index (χ2v) is 3.91. The zero-order valence-corrected chi connectivity index (χ0v) is 8.31. The van der Waals surface area contributed by atoms with Gasteiger partial charge in [0.25, 0.3) is 0 Å². The third-order valence-corrected chi connectivity index (χ3v) is 1.72. The zero-order chi connectivity index (χ0) is 9.07. The predicted octanol–water partition coefficient (Wildman–Crippen LogP) is 1.78. The van der Waals surface area contributed by atoms with E-state index in [1.54, 1.807) is 0 Å². The Kier molecular flexibility index (Phi) is 3.43. The van der Waals surface area contributed by atoms with Crippen LogP contribution in [0.3, 0.4) is 0 Å². The molecule has 0 heterocycles. The first-order valence-corrected chi connectivity index (χ1v) is 4.06. The molecule has 0 spiro atoms. The molecule has 2 N–H and O–H groups in total. The number of rotatable bonds is 2. The van der Waals surface area contributed by atoms with Gasteiger partial charge in [0.1, 0.15) is 0 Å². The van der Waals surface area contributed by atoms with Gasteiger partial charge in [0.15, 0.2) is 0 Å². The molecule has 0 saturated heterocycles. The quantitative estimate of drug-likeness (QED) is 0.660. The van der Waals surface area contributed by atoms with Gasteiger partial charge in [-0.1, -0.05) is 20.8 Å². The smallest absolute Gasteiger partial charge is 0.0296 e. The molecule has 0 bridgehead atoms. The van der Waals surface area contributed by atoms with Gasteiger partial charge in [-0.05, 0) is 6.92 Å². The molecule has 11 heavy (non-hydrogen) atoms. The monoisotopic (exact) mass is 156 g/mol. The molecule has 0 radical (unpaired) electrons. The fourth-order valence-corrected chi connectivity index (χ4v) is 0.522. The summed E-state index contributed by atoms with van der Waals surface area (Å²) < 4.78 is 0. The molecule has 0 atom stereocenters. The normalized spacial score (nSPS) is 13.4. The Morgan fingerprint density at radius 2 is 1.91 bits per heavy atom. The predicted molar refractivity (Wildman–Crippen MR) is 50.0 cm³/mol. The largest absolute Gasteiger partial charge is 0.400 e. The maximum absolute atomic E-state index is 5.85. The molecule has 2 heteroatoms. The Morgan fingerprint density at radius 3 is 2.18 bits per heavy atom. The highest BCUT2D eigenvalue weighted by atomic mass is 15.1. The lowest BCUT2D eigenvalue weighted by molar-refractivity contribution is 0.438. The van der Waals surface area contributed by atoms with Crippen molar-refractivity contribution < 1.29 is 0 Å². The number of nitrogens with two attached hydrogens (primary N) is 1. The lowest BCUT2D eigenvalue weighted by atomic mass is 9.93. The highest BCUT2D eigenvalue weighted by Gasteiger charge is 2.13. The van der Waals surface area contributed by atoms with E-state index in [9.17, 15) is 0 Å². The Labute approximate surface area is 70.1 Å². The first kappa shape index (κ1) is 10.3. The van der Waals surface area contributed by atoms with Crippen molar-refractivity contribution in [2.45, 2.75) is 27.7 Å². The minimum atomic E-state index is 0.0867. The molecule has 0 rings (SSSR count). The van der Waals surface area contributed by atoms with E-state index in [4.69, 9.17) is 5.73 Å². The number of hydrogen-bond donors (Lipinski definition) is 1. The zero-order valence-electron chi connectivity index (χ0n) is 8.31. The molecule has 0 aliphatic carbocycles. The third-order valence-electron chi connectivity index (χ3n) is 1.72. The molecule has 0 unspecified atom stereocenters. The Morgan fingerprint density at radius 1 is 1.45 bits per heavy atom. The summed E-state index contributed by atoms with van der Waals surface area (Å²) in [5.41, 5.74) is 6.87. The van der Waals surface area contributed by atoms with Crippen LogP contribution in [0.25, 0.3) is 0 Å². The van der Waals surface area contributed by atoms with Crippen LogP contribution in [0, 0.1) is 5.41 Å². The molecule has 0 aliphatic rings. The molecule has 0 saturated carbocycles. The van der Waals surface area contributed by atoms with Crippen molar-refractivity contribution in [3.05, 3.63) is 11.9 Å². The van der Waals surface area contributed by atoms with Crippen LogP contribution in [-0.4, -0.2) is 18.5 Å². The molecule has 0 aromatic carbocycles. The lowest BCUT2D eigenvalue weighted by Gasteiger charge is -2.21. The average Bonchev–Trinajstić information content (AvgIpc) is 1.85. The van der Waals surface area contributed by atoms with Crippen LogP contribution in [0.1, 0.15) is 27.7 Å². The van der Waals surface area contributed by atoms with E-state index >= 15 is 0 Å². The molecule has 2 nitrogen and oxygen atoms in total. The fraction of sp³-hybridized carbons (Fsp3) is 0.778. The van der Waals surface area contributed by atoms with Gasteiger partial charge in [0, 0.05) is 30.9 Å². The van der Waals surface area contributed by atoms with Gasteiger partial charge in [-0.2, -0.15) is 0 Å². The van der Waals surface area contributed by atoms with Crippen molar-refractivity contribution in [2.24, 2.45) is 11.1 Å². The first-order chi connectivity index (χ1) is 4.88. The minimum Gasteiger partial charge on any atom is -0.400 e. The summed E-state index contributed by atoms with van der Waals surface area (Å²) in [5.74, 6) is 0. The first-order valence-electron chi connectivity index (χ1n) is 4.06. The van der Waals surface area contributed by atoms with Crippen molar-refractivity contribution in [1.82, 2.24) is 4.90 Å². The summed E-state index contributed by atoms with van der Waals surface area (Å²) in [5, 5.41) is 0. The molecule has 0 aliphatic heterocycles. The maximum atomic E-state index is 5.85. The van der Waals surface area contributed by atoms with E-state index in [0.29, 0.717) is 0 Å². The Balaban J connectivity index is 4.22. The second-order valence-electron chi connectivity index (χ2n) is 3.91. The molecule has 0 aromatic heterocycles. The molecule has 0 amide bonds. The van der Waals surface area contributed by atoms with Gasteiger partial charge in [-0.3, -0.25) is 0 Å². The number of hydrogen-bond acceptors (Lipinski definition) is 2. The van der Waals surface area contributed by atoms with Crippen molar-refractivity contribution in [3.8, 4) is 0 Å². The Bertz CT molecular complexity index is 142. The van der Waals surface area contributed by atoms with E-state index in [0.717, 1.165) is 12.2 Å². The Hall–Kier alpha value is -0.660. The van der Waals surface area contributed by atoms with Crippen molar-refractivity contribution in [1.29, 1.82) is 0 Å². The van der Waals surface area contributed by atoms with Crippen LogP contribution in [-0.2, 0) is 0 Å². The van der Waals surface area contributed by atoms with Gasteiger partial charge < -0.3 is 10.6 Å². The van der Waals surface area contributed by atoms with Gasteiger partial charge >= 0.3 is 0 Å². The van der Waals surface area contributed by atoms with Crippen LogP contribution >= 0.6 is 0 Å². The summed E-state index contributed by atoms with van der Waals surface area (Å²) in [6.07, 6.45) is 2.00. The summed E-state index contributed by atoms with van der Waals surface area (Å²) in [6, 6.07) is 0. The van der Waals surface area contributed by atoms with Crippen LogP contribution in [0.5, 0.6) is 0 Å². The SMILES string of the molecule is CCN(C)/C=C(\N)C(C)(C)C. The van der Waals surface area contributed by atoms with Crippen molar-refractivity contribution in [2.75, 3.05) is 13.6 Å². The second kappa shape index (κ2) is 3.65. The highest BCUT2D eigenvalue weighted by Crippen LogP contribution is 2.20. The fourth-order valence-electron chi connectivity index (χ4n) is 0.522. The van der Waals surface area contributed by atoms with E-state index in [-0.39, 0.29) is 5.41 Å². The molecule has 0 aromatic rings. The van der Waals surface area contributed by atoms with E-state index in [2.05, 4.69) is 32.6 Å². The molecular weight excluding hydrogens is 136 g/mol. The van der Waals surface area contributed by atoms with Crippen LogP contribution in [0.4, 0.5) is 0 Å². The lowest BCUT2D eigenvalue weighted by Crippen LogP contribution is -2.21. The molecule has 66 valence electrons. The summed E-state index contributed by atoms with van der Waals surface area (Å²) in [7, 11) is 2.03. The standard InChI is InChI=1S/C9H20N2/c1-6-11(5)7-8(10)9(2,3)4/h7H,6,10H2,1-5H3/b8-7-. The van der Waals surface area contributed by atoms with E-state index in [1.807, 2.05) is 13.2 Å². The summed E-state index contributed by atoms with van der Waals surface area (Å²) >= 11 is 0. The van der Waals surface area contributed by atoms with Crippen LogP contribution < -0.4 is 5.73 Å². The van der Waals surface area contributed by atoms with E-state index < -0.39 is 0 Å². The number of allylic oxidation sites excluding steroid dienone is 1. The third kappa shape index (κ3) is 3.91. The van der Waals surface area contributed by atoms with Crippen molar-refractivity contribution in [3.63, 3.8) is 0 Å². The number of nitrogens with zero attached hydrogens (tertiary/aromatic N) is 1. The van der Waals surface area contributed by atoms with Gasteiger partial charge in [-0.15, -0.1) is 0 Å². The topological polar surface area (TPSA) is 29.3 Å². The van der Waals surface area contributed by atoms with Crippen LogP contribution in [0.15, 0.2) is 11.9 Å². The minimum absolute atomic E-state index is 0.0867. The van der Waals surface area contributed by atoms with Crippen LogP contribution in [0.2, 0.25) is 0 Å². The highest BCUT2D eigenvalue weighted by molar-refractivity contribution is 5.04. The molecule has 0 fully saturated rings. The maximum Gasteiger partial charge on any atom is 0.0296 e. The van der Waals surface area contributed by atoms with Gasteiger partial charge in [0.05, 0.1) is 0 Å². The molecular formula is C9H20N2.